The highest BCUT2D eigenvalue weighted by atomic mass is 32.1. The number of anilines is 2. The van der Waals surface area contributed by atoms with Crippen molar-refractivity contribution in [2.45, 2.75) is 19.8 Å². The van der Waals surface area contributed by atoms with Crippen molar-refractivity contribution in [3.8, 4) is 11.3 Å². The van der Waals surface area contributed by atoms with Crippen LogP contribution in [-0.2, 0) is 9.59 Å². The van der Waals surface area contributed by atoms with E-state index in [2.05, 4.69) is 15.6 Å². The van der Waals surface area contributed by atoms with Crippen LogP contribution in [-0.4, -0.2) is 40.7 Å². The van der Waals surface area contributed by atoms with Crippen molar-refractivity contribution in [1.82, 2.24) is 9.88 Å². The van der Waals surface area contributed by atoms with E-state index < -0.39 is 17.6 Å². The van der Waals surface area contributed by atoms with Crippen LogP contribution in [0, 0.1) is 17.6 Å². The highest BCUT2D eigenvalue weighted by Gasteiger charge is 2.29. The Balaban J connectivity index is 1.40. The number of halogens is 2. The molecule has 3 amide bonds. The molecule has 10 heteroatoms. The Kier molecular flexibility index (Phi) is 6.97. The number of piperidine rings is 1. The molecule has 0 bridgehead atoms. The fourth-order valence-corrected chi connectivity index (χ4v) is 4.53. The number of benzene rings is 2. The zero-order valence-corrected chi connectivity index (χ0v) is 19.1. The van der Waals surface area contributed by atoms with Crippen LogP contribution in [0.3, 0.4) is 0 Å². The number of rotatable bonds is 5. The van der Waals surface area contributed by atoms with Gasteiger partial charge >= 0.3 is 0 Å². The summed E-state index contributed by atoms with van der Waals surface area (Å²) in [5.41, 5.74) is 1.33. The van der Waals surface area contributed by atoms with Crippen molar-refractivity contribution < 1.29 is 23.2 Å². The maximum Gasteiger partial charge on any atom is 0.253 e. The number of hydrogen-bond donors (Lipinski definition) is 2. The molecule has 0 saturated carbocycles. The third kappa shape index (κ3) is 5.45. The predicted octanol–water partition coefficient (Wildman–Crippen LogP) is 4.54. The van der Waals surface area contributed by atoms with Gasteiger partial charge in [0, 0.05) is 42.2 Å². The second kappa shape index (κ2) is 10.1. The Labute approximate surface area is 198 Å². The molecule has 1 aliphatic rings. The molecule has 3 aromatic rings. The minimum Gasteiger partial charge on any atom is -0.338 e. The fourth-order valence-electron chi connectivity index (χ4n) is 3.82. The highest BCUT2D eigenvalue weighted by molar-refractivity contribution is 7.14. The number of nitrogens with zero attached hydrogens (tertiary/aromatic N) is 2. The number of thiazole rings is 1. The van der Waals surface area contributed by atoms with Gasteiger partial charge in [-0.15, -0.1) is 11.3 Å². The first-order valence-corrected chi connectivity index (χ1v) is 11.6. The summed E-state index contributed by atoms with van der Waals surface area (Å²) in [6.07, 6.45) is 1.29. The van der Waals surface area contributed by atoms with Crippen LogP contribution >= 0.6 is 11.3 Å². The number of aromatic nitrogens is 1. The number of nitrogens with one attached hydrogen (secondary N) is 2. The molecule has 7 nitrogen and oxygen atoms in total. The van der Waals surface area contributed by atoms with E-state index in [4.69, 9.17) is 0 Å². The van der Waals surface area contributed by atoms with Crippen LogP contribution < -0.4 is 10.6 Å². The molecular formula is C24H22F2N4O3S. The lowest BCUT2D eigenvalue weighted by Crippen LogP contribution is -2.43. The lowest BCUT2D eigenvalue weighted by atomic mass is 9.96. The van der Waals surface area contributed by atoms with Crippen molar-refractivity contribution >= 4 is 39.9 Å². The lowest BCUT2D eigenvalue weighted by Gasteiger charge is -2.32. The first-order valence-electron chi connectivity index (χ1n) is 10.7. The van der Waals surface area contributed by atoms with Crippen LogP contribution in [0.2, 0.25) is 0 Å². The molecule has 1 aliphatic heterocycles. The van der Waals surface area contributed by atoms with Crippen molar-refractivity contribution in [2.24, 2.45) is 5.92 Å². The number of hydrogen-bond acceptors (Lipinski definition) is 5. The molecule has 4 rings (SSSR count). The predicted molar refractivity (Wildman–Crippen MR) is 125 cm³/mol. The van der Waals surface area contributed by atoms with Crippen molar-refractivity contribution in [3.63, 3.8) is 0 Å². The average molecular weight is 485 g/mol. The summed E-state index contributed by atoms with van der Waals surface area (Å²) in [7, 11) is 0. The standard InChI is InChI=1S/C24H22F2N4O3S/c1-14(31)27-18-8-9-19(20(26)11-18)21-13-34-24(28-21)29-22(32)16-3-2-10-30(12-16)23(33)15-4-6-17(25)7-5-15/h4-9,11,13,16H,2-3,10,12H2,1H3,(H,27,31)(H,28,29,32). The Bertz CT molecular complexity index is 1230. The van der Waals surface area contributed by atoms with E-state index in [1.54, 1.807) is 16.3 Å². The Morgan fingerprint density at radius 3 is 2.56 bits per heavy atom. The Hall–Kier alpha value is -3.66. The summed E-state index contributed by atoms with van der Waals surface area (Å²) in [6.45, 7) is 2.11. The number of amides is 3. The molecule has 1 fully saturated rings. The number of likely N-dealkylation sites (tertiary alicyclic amines) is 1. The zero-order chi connectivity index (χ0) is 24.2. The second-order valence-corrected chi connectivity index (χ2v) is 8.86. The van der Waals surface area contributed by atoms with E-state index in [9.17, 15) is 23.2 Å². The van der Waals surface area contributed by atoms with Gasteiger partial charge in [0.05, 0.1) is 11.6 Å². The molecule has 1 unspecified atom stereocenters. The average Bonchev–Trinajstić information content (AvgIpc) is 3.27. The van der Waals surface area contributed by atoms with Crippen molar-refractivity contribution in [2.75, 3.05) is 23.7 Å². The second-order valence-electron chi connectivity index (χ2n) is 8.00. The van der Waals surface area contributed by atoms with Crippen LogP contribution in [0.1, 0.15) is 30.1 Å². The molecular weight excluding hydrogens is 462 g/mol. The van der Waals surface area contributed by atoms with E-state index in [1.165, 1.54) is 54.7 Å². The molecule has 1 aromatic heterocycles. The summed E-state index contributed by atoms with van der Waals surface area (Å²) >= 11 is 1.17. The van der Waals surface area contributed by atoms with Gasteiger partial charge in [-0.3, -0.25) is 14.4 Å². The van der Waals surface area contributed by atoms with E-state index in [-0.39, 0.29) is 29.8 Å². The first-order chi connectivity index (χ1) is 16.3. The molecule has 34 heavy (non-hydrogen) atoms. The van der Waals surface area contributed by atoms with Crippen LogP contribution in [0.15, 0.2) is 47.8 Å². The quantitative estimate of drug-likeness (QED) is 0.556. The summed E-state index contributed by atoms with van der Waals surface area (Å²) in [5, 5.41) is 7.25. The molecule has 2 N–H and O–H groups in total. The first kappa shape index (κ1) is 23.5. The maximum absolute atomic E-state index is 14.5. The number of carbonyl (C=O) groups excluding carboxylic acids is 3. The summed E-state index contributed by atoms with van der Waals surface area (Å²) < 4.78 is 27.6. The van der Waals surface area contributed by atoms with Gasteiger partial charge < -0.3 is 15.5 Å². The Morgan fingerprint density at radius 2 is 1.85 bits per heavy atom. The normalized spacial score (nSPS) is 15.6. The van der Waals surface area contributed by atoms with E-state index >= 15 is 0 Å². The molecule has 176 valence electrons. The molecule has 0 radical (unpaired) electrons. The molecule has 0 spiro atoms. The van der Waals surface area contributed by atoms with Gasteiger partial charge in [0.2, 0.25) is 11.8 Å². The van der Waals surface area contributed by atoms with Gasteiger partial charge in [-0.1, -0.05) is 0 Å². The summed E-state index contributed by atoms with van der Waals surface area (Å²) in [6, 6.07) is 9.63. The third-order valence-electron chi connectivity index (χ3n) is 5.47. The SMILES string of the molecule is CC(=O)Nc1ccc(-c2csc(NC(=O)C3CCCN(C(=O)c4ccc(F)cc4)C3)n2)c(F)c1. The van der Waals surface area contributed by atoms with E-state index in [0.29, 0.717) is 41.5 Å². The van der Waals surface area contributed by atoms with E-state index in [1.807, 2.05) is 0 Å². The van der Waals surface area contributed by atoms with Gasteiger partial charge in [0.1, 0.15) is 11.6 Å². The van der Waals surface area contributed by atoms with Crippen LogP contribution in [0.4, 0.5) is 19.6 Å². The van der Waals surface area contributed by atoms with Crippen LogP contribution in [0.25, 0.3) is 11.3 Å². The van der Waals surface area contributed by atoms with Gasteiger partial charge in [-0.25, -0.2) is 13.8 Å². The lowest BCUT2D eigenvalue weighted by molar-refractivity contribution is -0.121. The summed E-state index contributed by atoms with van der Waals surface area (Å²) in [4.78, 5) is 42.6. The largest absolute Gasteiger partial charge is 0.338 e. The van der Waals surface area contributed by atoms with Crippen LogP contribution in [0.5, 0.6) is 0 Å². The van der Waals surface area contributed by atoms with E-state index in [0.717, 1.165) is 0 Å². The smallest absolute Gasteiger partial charge is 0.253 e. The molecule has 1 atom stereocenters. The maximum atomic E-state index is 14.5. The van der Waals surface area contributed by atoms with Crippen molar-refractivity contribution in [3.05, 3.63) is 65.0 Å². The molecule has 1 saturated heterocycles. The Morgan fingerprint density at radius 1 is 1.09 bits per heavy atom. The van der Waals surface area contributed by atoms with Gasteiger partial charge in [0.25, 0.3) is 5.91 Å². The third-order valence-corrected chi connectivity index (χ3v) is 6.23. The molecule has 2 heterocycles. The molecule has 2 aromatic carbocycles. The highest BCUT2D eigenvalue weighted by Crippen LogP contribution is 2.29. The number of carbonyl (C=O) groups is 3. The molecule has 0 aliphatic carbocycles. The van der Waals surface area contributed by atoms with Gasteiger partial charge in [-0.05, 0) is 55.3 Å². The van der Waals surface area contributed by atoms with Crippen molar-refractivity contribution in [1.29, 1.82) is 0 Å². The zero-order valence-electron chi connectivity index (χ0n) is 18.3. The van der Waals surface area contributed by atoms with Gasteiger partial charge in [-0.2, -0.15) is 0 Å². The summed E-state index contributed by atoms with van der Waals surface area (Å²) in [5.74, 6) is -2.19. The minimum absolute atomic E-state index is 0.243. The monoisotopic (exact) mass is 484 g/mol. The topological polar surface area (TPSA) is 91.4 Å². The minimum atomic E-state index is -0.545. The van der Waals surface area contributed by atoms with Gasteiger partial charge in [0.15, 0.2) is 5.13 Å². The fraction of sp³-hybridized carbons (Fsp3) is 0.250.